The molecule has 3 heterocycles. The van der Waals surface area contributed by atoms with Crippen molar-refractivity contribution >= 4 is 22.6 Å². The number of hydrogen-bond acceptors (Lipinski definition) is 4. The predicted octanol–water partition coefficient (Wildman–Crippen LogP) is 3.87. The molecular formula is C25H28F3N5O. The van der Waals surface area contributed by atoms with Crippen LogP contribution in [0.5, 0.6) is 0 Å². The zero-order chi connectivity index (χ0) is 23.7. The Morgan fingerprint density at radius 2 is 1.65 bits per heavy atom. The minimum atomic E-state index is -4.64. The third-order valence-electron chi connectivity index (χ3n) is 6.79. The third-order valence-corrected chi connectivity index (χ3v) is 6.79. The van der Waals surface area contributed by atoms with Gasteiger partial charge in [0.15, 0.2) is 0 Å². The number of piperazine rings is 1. The van der Waals surface area contributed by atoms with Gasteiger partial charge in [-0.3, -0.25) is 4.79 Å². The highest BCUT2D eigenvalue weighted by Gasteiger charge is 2.39. The van der Waals surface area contributed by atoms with Gasteiger partial charge in [0, 0.05) is 31.9 Å². The van der Waals surface area contributed by atoms with Crippen LogP contribution >= 0.6 is 0 Å². The number of amides is 1. The van der Waals surface area contributed by atoms with E-state index in [1.54, 1.807) is 29.2 Å². The number of imidazole rings is 1. The molecule has 2 aromatic carbocycles. The summed E-state index contributed by atoms with van der Waals surface area (Å²) in [7, 11) is 0. The van der Waals surface area contributed by atoms with E-state index in [-0.39, 0.29) is 24.0 Å². The minimum absolute atomic E-state index is 0.0938. The quantitative estimate of drug-likeness (QED) is 0.567. The molecule has 1 aromatic heterocycles. The first kappa shape index (κ1) is 22.7. The molecule has 9 heteroatoms. The number of alkyl halides is 3. The van der Waals surface area contributed by atoms with E-state index >= 15 is 0 Å². The van der Waals surface area contributed by atoms with Crippen LogP contribution in [0, 0.1) is 0 Å². The van der Waals surface area contributed by atoms with Crippen molar-refractivity contribution in [3.05, 3.63) is 60.4 Å². The summed E-state index contributed by atoms with van der Waals surface area (Å²) in [5.41, 5.74) is 1.66. The summed E-state index contributed by atoms with van der Waals surface area (Å²) in [4.78, 5) is 23.7. The van der Waals surface area contributed by atoms with Crippen LogP contribution in [0.1, 0.15) is 18.7 Å². The van der Waals surface area contributed by atoms with Crippen molar-refractivity contribution in [2.75, 3.05) is 44.2 Å². The summed E-state index contributed by atoms with van der Waals surface area (Å²) in [6.45, 7) is 4.11. The van der Waals surface area contributed by atoms with Crippen LogP contribution in [0.25, 0.3) is 11.0 Å². The highest BCUT2D eigenvalue weighted by Crippen LogP contribution is 2.32. The monoisotopic (exact) mass is 471 g/mol. The normalized spacial score (nSPS) is 19.8. The molecule has 2 aliphatic heterocycles. The lowest BCUT2D eigenvalue weighted by Gasteiger charge is -2.44. The number of anilines is 1. The number of fused-ring (bicyclic) bond motifs is 1. The van der Waals surface area contributed by atoms with Gasteiger partial charge < -0.3 is 19.3 Å². The van der Waals surface area contributed by atoms with Crippen LogP contribution in [0.15, 0.2) is 54.6 Å². The fourth-order valence-corrected chi connectivity index (χ4v) is 5.15. The standard InChI is InChI=1S/C25H28F3N5O/c26-25(27,28)24-29-21-10-4-5-11-22(21)33(24)18-23(34)32-15-14-31(19-8-2-1-3-9-19)17-20(32)16-30-12-6-7-13-30/h1-5,8-11,20H,6-7,12-18H2. The Kier molecular flexibility index (Phi) is 6.20. The Balaban J connectivity index is 1.41. The van der Waals surface area contributed by atoms with Crippen molar-refractivity contribution in [3.63, 3.8) is 0 Å². The first-order valence-corrected chi connectivity index (χ1v) is 11.7. The molecule has 0 bridgehead atoms. The van der Waals surface area contributed by atoms with Gasteiger partial charge in [0.2, 0.25) is 11.7 Å². The first-order valence-electron chi connectivity index (χ1n) is 11.7. The van der Waals surface area contributed by atoms with Gasteiger partial charge >= 0.3 is 6.18 Å². The van der Waals surface area contributed by atoms with E-state index in [2.05, 4.69) is 26.9 Å². The maximum Gasteiger partial charge on any atom is 0.449 e. The highest BCUT2D eigenvalue weighted by molar-refractivity contribution is 5.81. The van der Waals surface area contributed by atoms with Crippen LogP contribution in [0.3, 0.4) is 0 Å². The molecule has 6 nitrogen and oxygen atoms in total. The molecule has 2 saturated heterocycles. The number of nitrogens with zero attached hydrogens (tertiary/aromatic N) is 5. The smallest absolute Gasteiger partial charge is 0.368 e. The molecule has 0 N–H and O–H groups in total. The van der Waals surface area contributed by atoms with Gasteiger partial charge in [0.1, 0.15) is 6.54 Å². The average Bonchev–Trinajstić information content (AvgIpc) is 3.47. The number of likely N-dealkylation sites (tertiary alicyclic amines) is 1. The summed E-state index contributed by atoms with van der Waals surface area (Å²) >= 11 is 0. The Morgan fingerprint density at radius 3 is 2.38 bits per heavy atom. The van der Waals surface area contributed by atoms with Gasteiger partial charge in [-0.05, 0) is 50.2 Å². The molecule has 1 amide bonds. The van der Waals surface area contributed by atoms with Gasteiger partial charge in [0.25, 0.3) is 0 Å². The lowest BCUT2D eigenvalue weighted by atomic mass is 10.1. The van der Waals surface area contributed by atoms with Crippen molar-refractivity contribution in [3.8, 4) is 0 Å². The topological polar surface area (TPSA) is 44.6 Å². The SMILES string of the molecule is O=C(Cn1c(C(F)(F)F)nc2ccccc21)N1CCN(c2ccccc2)CC1CN1CCCC1. The van der Waals surface area contributed by atoms with E-state index in [0.29, 0.717) is 25.2 Å². The van der Waals surface area contributed by atoms with Gasteiger partial charge in [-0.1, -0.05) is 30.3 Å². The summed E-state index contributed by atoms with van der Waals surface area (Å²) in [5.74, 6) is -1.33. The number of aromatic nitrogens is 2. The predicted molar refractivity (Wildman–Crippen MR) is 125 cm³/mol. The second kappa shape index (κ2) is 9.29. The number of rotatable bonds is 5. The molecule has 3 aromatic rings. The molecule has 0 saturated carbocycles. The average molecular weight is 472 g/mol. The number of carbonyl (C=O) groups excluding carboxylic acids is 1. The summed E-state index contributed by atoms with van der Waals surface area (Å²) in [6, 6.07) is 16.4. The van der Waals surface area contributed by atoms with E-state index in [9.17, 15) is 18.0 Å². The molecule has 0 radical (unpaired) electrons. The molecular weight excluding hydrogens is 443 g/mol. The summed E-state index contributed by atoms with van der Waals surface area (Å²) in [6.07, 6.45) is -2.36. The number of hydrogen-bond donors (Lipinski definition) is 0. The third kappa shape index (κ3) is 4.61. The van der Waals surface area contributed by atoms with Crippen LogP contribution < -0.4 is 4.90 Å². The van der Waals surface area contributed by atoms with Gasteiger partial charge in [-0.2, -0.15) is 13.2 Å². The number of halogens is 3. The summed E-state index contributed by atoms with van der Waals surface area (Å²) < 4.78 is 42.3. The van der Waals surface area contributed by atoms with Crippen LogP contribution in [-0.2, 0) is 17.5 Å². The van der Waals surface area contributed by atoms with Gasteiger partial charge in [0.05, 0.1) is 17.1 Å². The zero-order valence-electron chi connectivity index (χ0n) is 18.9. The maximum absolute atomic E-state index is 13.7. The lowest BCUT2D eigenvalue weighted by molar-refractivity contribution is -0.148. The number of benzene rings is 2. The first-order chi connectivity index (χ1) is 16.4. The Morgan fingerprint density at radius 1 is 0.941 bits per heavy atom. The van der Waals surface area contributed by atoms with Crippen LogP contribution in [0.4, 0.5) is 18.9 Å². The zero-order valence-corrected chi connectivity index (χ0v) is 18.9. The maximum atomic E-state index is 13.7. The molecule has 0 spiro atoms. The van der Waals surface area contributed by atoms with Crippen molar-refractivity contribution in [2.24, 2.45) is 0 Å². The minimum Gasteiger partial charge on any atom is -0.368 e. The second-order valence-corrected chi connectivity index (χ2v) is 9.04. The van der Waals surface area contributed by atoms with Crippen LogP contribution in [-0.4, -0.2) is 70.6 Å². The number of carbonyl (C=O) groups is 1. The van der Waals surface area contributed by atoms with Crippen molar-refractivity contribution in [1.82, 2.24) is 19.4 Å². The molecule has 1 unspecified atom stereocenters. The van der Waals surface area contributed by atoms with E-state index < -0.39 is 12.0 Å². The van der Waals surface area contributed by atoms with E-state index in [1.807, 2.05) is 18.2 Å². The highest BCUT2D eigenvalue weighted by atomic mass is 19.4. The summed E-state index contributed by atoms with van der Waals surface area (Å²) in [5, 5.41) is 0. The van der Waals surface area contributed by atoms with E-state index in [1.165, 1.54) is 0 Å². The molecule has 180 valence electrons. The molecule has 2 fully saturated rings. The van der Waals surface area contributed by atoms with Gasteiger partial charge in [-0.25, -0.2) is 4.98 Å². The molecule has 34 heavy (non-hydrogen) atoms. The van der Waals surface area contributed by atoms with Gasteiger partial charge in [-0.15, -0.1) is 0 Å². The second-order valence-electron chi connectivity index (χ2n) is 9.04. The lowest BCUT2D eigenvalue weighted by Crippen LogP contribution is -2.59. The van der Waals surface area contributed by atoms with Crippen molar-refractivity contribution in [1.29, 1.82) is 0 Å². The Hall–Kier alpha value is -3.07. The van der Waals surface area contributed by atoms with Crippen LogP contribution in [0.2, 0.25) is 0 Å². The molecule has 1 atom stereocenters. The Labute approximate surface area is 196 Å². The van der Waals surface area contributed by atoms with Crippen molar-refractivity contribution < 1.29 is 18.0 Å². The van der Waals surface area contributed by atoms with Crippen molar-refractivity contribution in [2.45, 2.75) is 31.6 Å². The molecule has 0 aliphatic carbocycles. The molecule has 5 rings (SSSR count). The van der Waals surface area contributed by atoms with E-state index in [4.69, 9.17) is 0 Å². The molecule has 2 aliphatic rings. The van der Waals surface area contributed by atoms with E-state index in [0.717, 1.165) is 42.7 Å². The number of para-hydroxylation sites is 3. The fraction of sp³-hybridized carbons (Fsp3) is 0.440. The fourth-order valence-electron chi connectivity index (χ4n) is 5.15. The largest absolute Gasteiger partial charge is 0.449 e. The Bertz CT molecular complexity index is 1140.